The van der Waals surface area contributed by atoms with Gasteiger partial charge in [0.2, 0.25) is 10.0 Å². The second-order valence-electron chi connectivity index (χ2n) is 6.02. The van der Waals surface area contributed by atoms with E-state index in [0.29, 0.717) is 25.6 Å². The molecule has 0 aliphatic rings. The van der Waals surface area contributed by atoms with Gasteiger partial charge in [-0.3, -0.25) is 0 Å². The van der Waals surface area contributed by atoms with E-state index in [1.165, 1.54) is 4.31 Å². The number of nitrogens with zero attached hydrogens (tertiary/aromatic N) is 3. The number of hydrogen-bond donors (Lipinski definition) is 2. The highest BCUT2D eigenvalue weighted by molar-refractivity contribution is 14.0. The summed E-state index contributed by atoms with van der Waals surface area (Å²) in [5, 5.41) is 9.51. The topological polar surface area (TPSA) is 86.7 Å². The summed E-state index contributed by atoms with van der Waals surface area (Å²) >= 11 is 1.63. The van der Waals surface area contributed by atoms with Crippen molar-refractivity contribution in [2.75, 3.05) is 32.4 Å². The number of rotatable bonds is 10. The van der Waals surface area contributed by atoms with Crippen molar-refractivity contribution in [3.63, 3.8) is 0 Å². The van der Waals surface area contributed by atoms with Crippen molar-refractivity contribution in [2.45, 2.75) is 46.6 Å². The minimum atomic E-state index is -3.11. The molecule has 0 bridgehead atoms. The molecule has 1 rings (SSSR count). The molecule has 0 unspecified atom stereocenters. The molecule has 1 aromatic heterocycles. The number of hydrogen-bond acceptors (Lipinski definition) is 5. The third-order valence-electron chi connectivity index (χ3n) is 3.66. The van der Waals surface area contributed by atoms with E-state index in [9.17, 15) is 8.42 Å². The molecule has 10 heteroatoms. The summed E-state index contributed by atoms with van der Waals surface area (Å²) in [6.07, 6.45) is 0.717. The molecule has 0 radical (unpaired) electrons. The van der Waals surface area contributed by atoms with Crippen LogP contribution in [0.25, 0.3) is 0 Å². The Hall–Kier alpha value is -0.460. The Morgan fingerprint density at radius 3 is 2.58 bits per heavy atom. The third kappa shape index (κ3) is 8.96. The zero-order chi connectivity index (χ0) is 18.9. The lowest BCUT2D eigenvalue weighted by Crippen LogP contribution is -2.39. The van der Waals surface area contributed by atoms with Gasteiger partial charge >= 0.3 is 0 Å². The Balaban J connectivity index is 0.00000625. The van der Waals surface area contributed by atoms with Crippen LogP contribution in [0.15, 0.2) is 10.4 Å². The summed E-state index contributed by atoms with van der Waals surface area (Å²) in [7, 11) is -1.49. The molecule has 26 heavy (non-hydrogen) atoms. The van der Waals surface area contributed by atoms with Gasteiger partial charge in [0, 0.05) is 32.1 Å². The van der Waals surface area contributed by atoms with Crippen molar-refractivity contribution in [1.29, 1.82) is 0 Å². The predicted octanol–water partition coefficient (Wildman–Crippen LogP) is 2.61. The monoisotopic (exact) mass is 517 g/mol. The highest BCUT2D eigenvalue weighted by Crippen LogP contribution is 2.18. The summed E-state index contributed by atoms with van der Waals surface area (Å²) in [5.74, 6) is 1.29. The first-order valence-electron chi connectivity index (χ1n) is 8.70. The van der Waals surface area contributed by atoms with Crippen LogP contribution in [0.3, 0.4) is 0 Å². The number of aliphatic imine (C=N–C) groups is 1. The highest BCUT2D eigenvalue weighted by Gasteiger charge is 2.14. The number of guanidine groups is 1. The van der Waals surface area contributed by atoms with Gasteiger partial charge in [0.15, 0.2) is 5.96 Å². The van der Waals surface area contributed by atoms with Crippen LogP contribution in [0.5, 0.6) is 0 Å². The van der Waals surface area contributed by atoms with Gasteiger partial charge in [-0.05, 0) is 26.2 Å². The molecule has 0 amide bonds. The molecule has 0 spiro atoms. The van der Waals surface area contributed by atoms with Crippen LogP contribution < -0.4 is 10.6 Å². The molecule has 0 aliphatic carbocycles. The molecule has 0 aromatic carbocycles. The smallest absolute Gasteiger partial charge is 0.213 e. The van der Waals surface area contributed by atoms with E-state index >= 15 is 0 Å². The SMILES string of the molecule is CCNC(=NCc1nc(C(C)C)cs1)NCCCN(C)S(=O)(=O)CC.I. The summed E-state index contributed by atoms with van der Waals surface area (Å²) < 4.78 is 24.8. The van der Waals surface area contributed by atoms with E-state index in [2.05, 4.69) is 39.8 Å². The Bertz CT molecular complexity index is 647. The predicted molar refractivity (Wildman–Crippen MR) is 121 cm³/mol. The number of halogens is 1. The van der Waals surface area contributed by atoms with Gasteiger partial charge in [-0.1, -0.05) is 13.8 Å². The van der Waals surface area contributed by atoms with Crippen LogP contribution in [0.2, 0.25) is 0 Å². The third-order valence-corrected chi connectivity index (χ3v) is 6.37. The van der Waals surface area contributed by atoms with Crippen molar-refractivity contribution in [3.05, 3.63) is 16.1 Å². The van der Waals surface area contributed by atoms with E-state index in [4.69, 9.17) is 0 Å². The quantitative estimate of drug-likeness (QED) is 0.216. The number of thiazole rings is 1. The lowest BCUT2D eigenvalue weighted by Gasteiger charge is -2.16. The molecule has 0 fully saturated rings. The zero-order valence-electron chi connectivity index (χ0n) is 16.3. The van der Waals surface area contributed by atoms with E-state index in [1.807, 2.05) is 6.92 Å². The summed E-state index contributed by atoms with van der Waals surface area (Å²) in [5.41, 5.74) is 1.10. The lowest BCUT2D eigenvalue weighted by atomic mass is 10.2. The molecule has 0 aliphatic heterocycles. The first kappa shape index (κ1) is 25.5. The molecular weight excluding hydrogens is 485 g/mol. The average molecular weight is 518 g/mol. The normalized spacial score (nSPS) is 12.3. The fourth-order valence-corrected chi connectivity index (χ4v) is 3.75. The highest BCUT2D eigenvalue weighted by atomic mass is 127. The van der Waals surface area contributed by atoms with Crippen molar-refractivity contribution in [3.8, 4) is 0 Å². The number of nitrogens with one attached hydrogen (secondary N) is 2. The first-order chi connectivity index (χ1) is 11.8. The number of aromatic nitrogens is 1. The summed E-state index contributed by atoms with van der Waals surface area (Å²) in [6, 6.07) is 0. The van der Waals surface area contributed by atoms with Crippen LogP contribution in [-0.4, -0.2) is 56.1 Å². The van der Waals surface area contributed by atoms with Crippen molar-refractivity contribution >= 4 is 51.3 Å². The standard InChI is InChI=1S/C16H31N5O2S2.HI/c1-6-17-16(18-9-8-10-21(5)25(22,23)7-2)19-11-15-20-14(12-24-15)13(3)4;/h12-13H,6-11H2,1-5H3,(H2,17,18,19);1H. The molecule has 0 saturated heterocycles. The van der Waals surface area contributed by atoms with E-state index in [-0.39, 0.29) is 29.7 Å². The van der Waals surface area contributed by atoms with Crippen molar-refractivity contribution in [1.82, 2.24) is 19.9 Å². The minimum Gasteiger partial charge on any atom is -0.357 e. The van der Waals surface area contributed by atoms with Crippen LogP contribution in [0.1, 0.15) is 50.7 Å². The maximum Gasteiger partial charge on any atom is 0.213 e. The van der Waals surface area contributed by atoms with Gasteiger partial charge in [0.25, 0.3) is 0 Å². The molecule has 152 valence electrons. The van der Waals surface area contributed by atoms with E-state index < -0.39 is 10.0 Å². The first-order valence-corrected chi connectivity index (χ1v) is 11.2. The van der Waals surface area contributed by atoms with Crippen molar-refractivity contribution < 1.29 is 8.42 Å². The Morgan fingerprint density at radius 1 is 1.35 bits per heavy atom. The van der Waals surface area contributed by atoms with Gasteiger partial charge in [-0.2, -0.15) is 0 Å². The van der Waals surface area contributed by atoms with Crippen molar-refractivity contribution in [2.24, 2.45) is 4.99 Å². The maximum absolute atomic E-state index is 11.7. The second-order valence-corrected chi connectivity index (χ2v) is 9.33. The Morgan fingerprint density at radius 2 is 2.04 bits per heavy atom. The maximum atomic E-state index is 11.7. The largest absolute Gasteiger partial charge is 0.357 e. The fraction of sp³-hybridized carbons (Fsp3) is 0.750. The molecule has 1 aromatic rings. The van der Waals surface area contributed by atoms with Gasteiger partial charge in [-0.25, -0.2) is 22.7 Å². The molecular formula is C16H32IN5O2S2. The van der Waals surface area contributed by atoms with E-state index in [0.717, 1.165) is 29.6 Å². The van der Waals surface area contributed by atoms with E-state index in [1.54, 1.807) is 25.3 Å². The average Bonchev–Trinajstić information content (AvgIpc) is 3.05. The van der Waals surface area contributed by atoms with Gasteiger partial charge in [0.05, 0.1) is 18.0 Å². The second kappa shape index (κ2) is 12.8. The molecule has 7 nitrogen and oxygen atoms in total. The number of sulfonamides is 1. The lowest BCUT2D eigenvalue weighted by molar-refractivity contribution is 0.461. The Kier molecular flexibility index (Phi) is 12.6. The van der Waals surface area contributed by atoms with Crippen LogP contribution in [-0.2, 0) is 16.6 Å². The molecule has 0 saturated carbocycles. The minimum absolute atomic E-state index is 0. The fourth-order valence-electron chi connectivity index (χ4n) is 2.02. The molecule has 2 N–H and O–H groups in total. The zero-order valence-corrected chi connectivity index (χ0v) is 20.2. The summed E-state index contributed by atoms with van der Waals surface area (Å²) in [6.45, 7) is 10.4. The van der Waals surface area contributed by atoms with Crippen LogP contribution in [0.4, 0.5) is 0 Å². The van der Waals surface area contributed by atoms with Crippen LogP contribution >= 0.6 is 35.3 Å². The van der Waals surface area contributed by atoms with Gasteiger partial charge in [0.1, 0.15) is 5.01 Å². The summed E-state index contributed by atoms with van der Waals surface area (Å²) in [4.78, 5) is 9.13. The van der Waals surface area contributed by atoms with Gasteiger partial charge < -0.3 is 10.6 Å². The molecule has 0 atom stereocenters. The van der Waals surface area contributed by atoms with Crippen LogP contribution in [0, 0.1) is 0 Å². The molecule has 1 heterocycles. The van der Waals surface area contributed by atoms with Gasteiger partial charge in [-0.15, -0.1) is 35.3 Å². The Labute approximate surface area is 179 Å².